The van der Waals surface area contributed by atoms with Crippen molar-refractivity contribution >= 4 is 19.8 Å². The minimum absolute atomic E-state index is 0.0264. The van der Waals surface area contributed by atoms with Crippen LogP contribution in [0.5, 0.6) is 0 Å². The Kier molecular flexibility index (Phi) is 28.5. The van der Waals surface area contributed by atoms with Crippen molar-refractivity contribution in [1.29, 1.82) is 0 Å². The largest absolute Gasteiger partial charge is 0.756 e. The Morgan fingerprint density at radius 3 is 1.42 bits per heavy atom. The first kappa shape index (κ1) is 44.0. The molecule has 2 atom stereocenters. The van der Waals surface area contributed by atoms with Crippen LogP contribution in [0.3, 0.4) is 0 Å². The number of nitrogens with zero attached hydrogens (tertiary/aromatic N) is 1. The summed E-state index contributed by atoms with van der Waals surface area (Å²) in [6.07, 6.45) is 24.2. The van der Waals surface area contributed by atoms with Crippen LogP contribution in [0.2, 0.25) is 0 Å². The average Bonchev–Trinajstić information content (AvgIpc) is 2.97. The van der Waals surface area contributed by atoms with Gasteiger partial charge in [-0.1, -0.05) is 136 Å². The zero-order valence-corrected chi connectivity index (χ0v) is 30.7. The summed E-state index contributed by atoms with van der Waals surface area (Å²) in [7, 11) is 1.17. The van der Waals surface area contributed by atoms with Crippen molar-refractivity contribution in [1.82, 2.24) is 0 Å². The number of carbonyl (C=O) groups excluding carboxylic acids is 2. The Labute approximate surface area is 276 Å². The van der Waals surface area contributed by atoms with E-state index < -0.39 is 26.5 Å². The van der Waals surface area contributed by atoms with E-state index in [1.165, 1.54) is 96.3 Å². The van der Waals surface area contributed by atoms with Crippen LogP contribution >= 0.6 is 7.82 Å². The molecule has 0 aromatic heterocycles. The predicted octanol–water partition coefficient (Wildman–Crippen LogP) is 8.66. The van der Waals surface area contributed by atoms with Crippen molar-refractivity contribution in [2.75, 3.05) is 47.5 Å². The molecule has 1 unspecified atom stereocenters. The highest BCUT2D eigenvalue weighted by Crippen LogP contribution is 2.38. The van der Waals surface area contributed by atoms with E-state index in [-0.39, 0.29) is 32.0 Å². The highest BCUT2D eigenvalue weighted by atomic mass is 31.2. The second kappa shape index (κ2) is 29.2. The maximum Gasteiger partial charge on any atom is 0.306 e. The van der Waals surface area contributed by atoms with Crippen molar-refractivity contribution in [2.24, 2.45) is 0 Å². The summed E-state index contributed by atoms with van der Waals surface area (Å²) in [6.45, 7) is 4.19. The van der Waals surface area contributed by atoms with E-state index >= 15 is 0 Å². The number of unbranched alkanes of at least 4 members (excludes halogenated alkanes) is 19. The lowest BCUT2D eigenvalue weighted by Crippen LogP contribution is -2.37. The molecular formula is C35H70NO8P. The molecule has 10 heteroatoms. The zero-order valence-electron chi connectivity index (χ0n) is 29.8. The van der Waals surface area contributed by atoms with E-state index in [1.54, 1.807) is 0 Å². The predicted molar refractivity (Wildman–Crippen MR) is 181 cm³/mol. The summed E-state index contributed by atoms with van der Waals surface area (Å²) < 4.78 is 33.6. The molecule has 0 N–H and O–H groups in total. The van der Waals surface area contributed by atoms with E-state index in [0.29, 0.717) is 17.4 Å². The Hall–Kier alpha value is -0.990. The lowest BCUT2D eigenvalue weighted by atomic mass is 10.0. The van der Waals surface area contributed by atoms with Gasteiger partial charge in [0.2, 0.25) is 0 Å². The summed E-state index contributed by atoms with van der Waals surface area (Å²) in [4.78, 5) is 37.1. The minimum Gasteiger partial charge on any atom is -0.756 e. The number of ether oxygens (including phenoxy) is 2. The Morgan fingerprint density at radius 2 is 1.00 bits per heavy atom. The number of esters is 2. The maximum absolute atomic E-state index is 12.5. The molecular weight excluding hydrogens is 593 g/mol. The van der Waals surface area contributed by atoms with Gasteiger partial charge in [0.25, 0.3) is 7.82 Å². The number of carbonyl (C=O) groups is 2. The summed E-state index contributed by atoms with van der Waals surface area (Å²) in [5, 5.41) is 0. The number of likely N-dealkylation sites (N-methyl/N-ethyl adjacent to an activating group) is 1. The number of hydrogen-bond donors (Lipinski definition) is 0. The fraction of sp³-hybridized carbons (Fsp3) is 0.943. The molecule has 0 aromatic rings. The second-order valence-corrected chi connectivity index (χ2v) is 15.0. The van der Waals surface area contributed by atoms with Gasteiger partial charge < -0.3 is 27.9 Å². The molecule has 0 heterocycles. The molecule has 45 heavy (non-hydrogen) atoms. The van der Waals surface area contributed by atoms with Gasteiger partial charge in [-0.05, 0) is 12.8 Å². The highest BCUT2D eigenvalue weighted by molar-refractivity contribution is 7.45. The first-order valence-electron chi connectivity index (χ1n) is 18.2. The van der Waals surface area contributed by atoms with Crippen LogP contribution in [0, 0.1) is 0 Å². The molecule has 0 saturated heterocycles. The lowest BCUT2D eigenvalue weighted by Gasteiger charge is -2.28. The van der Waals surface area contributed by atoms with Crippen molar-refractivity contribution in [3.05, 3.63) is 0 Å². The fourth-order valence-corrected chi connectivity index (χ4v) is 5.68. The molecule has 0 amide bonds. The number of phosphoric ester groups is 1. The standard InChI is InChI=1S/C35H70NO8P/c1-6-8-10-12-14-16-17-18-20-22-24-26-28-35(38)44-33(32-43-45(39,40)42-30-29-36(3,4)5)31-41-34(37)27-25-23-21-19-15-13-11-9-7-2/h33H,6-32H2,1-5H3/t33-/m1/s1. The molecule has 268 valence electrons. The van der Waals surface area contributed by atoms with Gasteiger partial charge in [-0.2, -0.15) is 0 Å². The van der Waals surface area contributed by atoms with Crippen molar-refractivity contribution in [3.8, 4) is 0 Å². The quantitative estimate of drug-likeness (QED) is 0.0297. The van der Waals surface area contributed by atoms with Crippen LogP contribution in [-0.4, -0.2) is 70.0 Å². The third-order valence-electron chi connectivity index (χ3n) is 7.88. The molecule has 0 bridgehead atoms. The van der Waals surface area contributed by atoms with E-state index in [2.05, 4.69) is 13.8 Å². The second-order valence-electron chi connectivity index (χ2n) is 13.6. The maximum atomic E-state index is 12.5. The van der Waals surface area contributed by atoms with Gasteiger partial charge in [-0.3, -0.25) is 14.2 Å². The molecule has 0 aliphatic carbocycles. The number of quaternary nitrogens is 1. The fourth-order valence-electron chi connectivity index (χ4n) is 4.95. The van der Waals surface area contributed by atoms with Crippen LogP contribution in [0.1, 0.15) is 162 Å². The molecule has 0 aliphatic rings. The van der Waals surface area contributed by atoms with Gasteiger partial charge in [0, 0.05) is 12.8 Å². The van der Waals surface area contributed by atoms with Gasteiger partial charge in [0.15, 0.2) is 6.10 Å². The molecule has 0 fully saturated rings. The summed E-state index contributed by atoms with van der Waals surface area (Å²) >= 11 is 0. The lowest BCUT2D eigenvalue weighted by molar-refractivity contribution is -0.870. The smallest absolute Gasteiger partial charge is 0.306 e. The molecule has 0 spiro atoms. The SMILES string of the molecule is CCCCCCCCCCCCCCC(=O)O[C@H](COC(=O)CCCCCCCCCCC)COP(=O)([O-])OCC[N+](C)(C)C. The highest BCUT2D eigenvalue weighted by Gasteiger charge is 2.21. The summed E-state index contributed by atoms with van der Waals surface area (Å²) in [5.41, 5.74) is 0. The molecule has 9 nitrogen and oxygen atoms in total. The van der Waals surface area contributed by atoms with E-state index in [9.17, 15) is 19.0 Å². The van der Waals surface area contributed by atoms with Gasteiger partial charge in [-0.15, -0.1) is 0 Å². The van der Waals surface area contributed by atoms with Crippen LogP contribution in [0.4, 0.5) is 0 Å². The molecule has 0 saturated carbocycles. The summed E-state index contributed by atoms with van der Waals surface area (Å²) in [6, 6.07) is 0. The Morgan fingerprint density at radius 1 is 0.600 bits per heavy atom. The molecule has 0 rings (SSSR count). The first-order valence-corrected chi connectivity index (χ1v) is 19.7. The Bertz CT molecular complexity index is 758. The monoisotopic (exact) mass is 663 g/mol. The minimum atomic E-state index is -4.60. The van der Waals surface area contributed by atoms with Crippen molar-refractivity contribution in [3.63, 3.8) is 0 Å². The number of rotatable bonds is 33. The topological polar surface area (TPSA) is 111 Å². The molecule has 0 radical (unpaired) electrons. The summed E-state index contributed by atoms with van der Waals surface area (Å²) in [5.74, 6) is -0.832. The average molecular weight is 664 g/mol. The zero-order chi connectivity index (χ0) is 33.7. The van der Waals surface area contributed by atoms with Crippen molar-refractivity contribution in [2.45, 2.75) is 168 Å². The molecule has 0 aromatic carbocycles. The first-order chi connectivity index (χ1) is 21.5. The number of phosphoric acid groups is 1. The number of hydrogen-bond acceptors (Lipinski definition) is 8. The van der Waals surface area contributed by atoms with Crippen molar-refractivity contribution < 1.29 is 42.1 Å². The van der Waals surface area contributed by atoms with Gasteiger partial charge in [0.1, 0.15) is 19.8 Å². The van der Waals surface area contributed by atoms with Crippen LogP contribution < -0.4 is 4.89 Å². The van der Waals surface area contributed by atoms with Crippen LogP contribution in [0.15, 0.2) is 0 Å². The normalized spacial score (nSPS) is 13.8. The van der Waals surface area contributed by atoms with Crippen LogP contribution in [-0.2, 0) is 32.7 Å². The third kappa shape index (κ3) is 32.7. The van der Waals surface area contributed by atoms with Gasteiger partial charge >= 0.3 is 11.9 Å². The third-order valence-corrected chi connectivity index (χ3v) is 8.84. The Balaban J connectivity index is 4.45. The van der Waals surface area contributed by atoms with E-state index in [0.717, 1.165) is 32.1 Å². The van der Waals surface area contributed by atoms with Gasteiger partial charge in [-0.25, -0.2) is 0 Å². The van der Waals surface area contributed by atoms with Crippen LogP contribution in [0.25, 0.3) is 0 Å². The van der Waals surface area contributed by atoms with Gasteiger partial charge in [0.05, 0.1) is 27.7 Å². The molecule has 0 aliphatic heterocycles. The van der Waals surface area contributed by atoms with E-state index in [4.69, 9.17) is 18.5 Å². The van der Waals surface area contributed by atoms with E-state index in [1.807, 2.05) is 21.1 Å².